The van der Waals surface area contributed by atoms with Gasteiger partial charge in [0.15, 0.2) is 0 Å². The van der Waals surface area contributed by atoms with Crippen molar-refractivity contribution in [1.29, 1.82) is 0 Å². The summed E-state index contributed by atoms with van der Waals surface area (Å²) in [5.41, 5.74) is 1.19. The zero-order valence-corrected chi connectivity index (χ0v) is 15.3. The molecule has 1 amide bonds. The number of carbonyl (C=O) groups excluding carboxylic acids is 1. The maximum atomic E-state index is 12.2. The van der Waals surface area contributed by atoms with E-state index in [1.165, 1.54) is 0 Å². The highest BCUT2D eigenvalue weighted by Crippen LogP contribution is 2.25. The molecule has 0 bridgehead atoms. The Balaban J connectivity index is 1.63. The fraction of sp³-hybridized carbons (Fsp3) is 0.167. The Morgan fingerprint density at radius 2 is 1.96 bits per heavy atom. The van der Waals surface area contributed by atoms with Crippen LogP contribution in [0.2, 0.25) is 10.0 Å². The molecule has 0 saturated carbocycles. The summed E-state index contributed by atoms with van der Waals surface area (Å²) in [5.74, 6) is 0.951. The third-order valence-corrected chi connectivity index (χ3v) is 4.01. The average molecular weight is 392 g/mol. The Kier molecular flexibility index (Phi) is 5.75. The Morgan fingerprint density at radius 1 is 1.19 bits per heavy atom. The molecule has 2 aromatic carbocycles. The van der Waals surface area contributed by atoms with Crippen molar-refractivity contribution in [3.05, 3.63) is 64.0 Å². The van der Waals surface area contributed by atoms with Crippen LogP contribution in [0.25, 0.3) is 11.4 Å². The lowest BCUT2D eigenvalue weighted by Gasteiger charge is -2.07. The van der Waals surface area contributed by atoms with Gasteiger partial charge in [0.05, 0.1) is 18.2 Å². The molecule has 1 heterocycles. The van der Waals surface area contributed by atoms with Crippen LogP contribution in [0.5, 0.6) is 5.75 Å². The number of rotatable bonds is 6. The number of aromatic nitrogens is 2. The summed E-state index contributed by atoms with van der Waals surface area (Å²) in [5, 5.41) is 7.61. The molecule has 0 saturated heterocycles. The Morgan fingerprint density at radius 3 is 2.65 bits per heavy atom. The minimum Gasteiger partial charge on any atom is -0.492 e. The Labute approximate surface area is 160 Å². The first kappa shape index (κ1) is 18.2. The standard InChI is InChI=1S/C18H15Cl2N3O3/c1-2-25-15-8-5-12(9-14(15)20)18(24)21-10-16-22-17(23-26-16)11-3-6-13(19)7-4-11/h3-9H,2,10H2,1H3,(H,21,24). The maximum absolute atomic E-state index is 12.2. The van der Waals surface area contributed by atoms with Gasteiger partial charge in [-0.2, -0.15) is 4.98 Å². The highest BCUT2D eigenvalue weighted by Gasteiger charge is 2.12. The van der Waals surface area contributed by atoms with Crippen molar-refractivity contribution in [1.82, 2.24) is 15.5 Å². The molecular formula is C18H15Cl2N3O3. The van der Waals surface area contributed by atoms with Crippen LogP contribution in [0.15, 0.2) is 47.0 Å². The molecular weight excluding hydrogens is 377 g/mol. The van der Waals surface area contributed by atoms with Gasteiger partial charge in [-0.15, -0.1) is 0 Å². The largest absolute Gasteiger partial charge is 0.492 e. The third-order valence-electron chi connectivity index (χ3n) is 3.46. The molecule has 1 aromatic heterocycles. The van der Waals surface area contributed by atoms with Crippen LogP contribution < -0.4 is 10.1 Å². The van der Waals surface area contributed by atoms with E-state index < -0.39 is 0 Å². The highest BCUT2D eigenvalue weighted by atomic mass is 35.5. The average Bonchev–Trinajstić information content (AvgIpc) is 3.11. The Bertz CT molecular complexity index is 910. The lowest BCUT2D eigenvalue weighted by molar-refractivity contribution is 0.0946. The number of nitrogens with zero attached hydrogens (tertiary/aromatic N) is 2. The number of benzene rings is 2. The van der Waals surface area contributed by atoms with Gasteiger partial charge in [0.2, 0.25) is 11.7 Å². The van der Waals surface area contributed by atoms with Crippen LogP contribution in [-0.4, -0.2) is 22.7 Å². The predicted octanol–water partition coefficient (Wildman–Crippen LogP) is 4.37. The van der Waals surface area contributed by atoms with Gasteiger partial charge in [-0.3, -0.25) is 4.79 Å². The van der Waals surface area contributed by atoms with Crippen LogP contribution in [0, 0.1) is 0 Å². The second-order valence-corrected chi connectivity index (χ2v) is 6.12. The van der Waals surface area contributed by atoms with E-state index in [2.05, 4.69) is 15.5 Å². The molecule has 0 spiro atoms. The second-order valence-electron chi connectivity index (χ2n) is 5.28. The molecule has 1 N–H and O–H groups in total. The van der Waals surface area contributed by atoms with Crippen molar-refractivity contribution >= 4 is 29.1 Å². The van der Waals surface area contributed by atoms with E-state index in [4.69, 9.17) is 32.5 Å². The molecule has 0 aliphatic carbocycles. The van der Waals surface area contributed by atoms with Crippen molar-refractivity contribution in [3.8, 4) is 17.1 Å². The fourth-order valence-electron chi connectivity index (χ4n) is 2.22. The molecule has 26 heavy (non-hydrogen) atoms. The summed E-state index contributed by atoms with van der Waals surface area (Å²) >= 11 is 12.0. The van der Waals surface area contributed by atoms with E-state index in [-0.39, 0.29) is 12.5 Å². The number of hydrogen-bond acceptors (Lipinski definition) is 5. The Hall–Kier alpha value is -2.57. The lowest BCUT2D eigenvalue weighted by atomic mass is 10.2. The number of hydrogen-bond donors (Lipinski definition) is 1. The quantitative estimate of drug-likeness (QED) is 0.674. The molecule has 0 aliphatic heterocycles. The number of ether oxygens (including phenoxy) is 1. The zero-order valence-electron chi connectivity index (χ0n) is 13.8. The third kappa shape index (κ3) is 4.33. The van der Waals surface area contributed by atoms with Crippen molar-refractivity contribution in [3.63, 3.8) is 0 Å². The summed E-state index contributed by atoms with van der Waals surface area (Å²) in [4.78, 5) is 16.5. The van der Waals surface area contributed by atoms with E-state index in [1.54, 1.807) is 42.5 Å². The lowest BCUT2D eigenvalue weighted by Crippen LogP contribution is -2.22. The van der Waals surface area contributed by atoms with Crippen molar-refractivity contribution in [2.75, 3.05) is 6.61 Å². The molecule has 0 unspecified atom stereocenters. The summed E-state index contributed by atoms with van der Waals surface area (Å²) in [6, 6.07) is 11.9. The van der Waals surface area contributed by atoms with E-state index in [0.717, 1.165) is 5.56 Å². The molecule has 0 fully saturated rings. The van der Waals surface area contributed by atoms with Gasteiger partial charge >= 0.3 is 0 Å². The van der Waals surface area contributed by atoms with Gasteiger partial charge in [0.1, 0.15) is 5.75 Å². The molecule has 3 aromatic rings. The molecule has 6 nitrogen and oxygen atoms in total. The van der Waals surface area contributed by atoms with E-state index in [9.17, 15) is 4.79 Å². The van der Waals surface area contributed by atoms with Crippen molar-refractivity contribution < 1.29 is 14.1 Å². The molecule has 8 heteroatoms. The normalized spacial score (nSPS) is 10.6. The van der Waals surface area contributed by atoms with Crippen LogP contribution in [0.3, 0.4) is 0 Å². The monoisotopic (exact) mass is 391 g/mol. The predicted molar refractivity (Wildman–Crippen MR) is 98.5 cm³/mol. The topological polar surface area (TPSA) is 77.2 Å². The zero-order chi connectivity index (χ0) is 18.5. The van der Waals surface area contributed by atoms with Crippen LogP contribution in [0.1, 0.15) is 23.2 Å². The number of nitrogens with one attached hydrogen (secondary N) is 1. The second kappa shape index (κ2) is 8.21. The summed E-state index contributed by atoms with van der Waals surface area (Å²) in [6.45, 7) is 2.46. The summed E-state index contributed by atoms with van der Waals surface area (Å²) < 4.78 is 10.5. The number of amides is 1. The molecule has 134 valence electrons. The minimum absolute atomic E-state index is 0.101. The fourth-order valence-corrected chi connectivity index (χ4v) is 2.58. The first-order valence-electron chi connectivity index (χ1n) is 7.86. The number of carbonyl (C=O) groups is 1. The van der Waals surface area contributed by atoms with Gasteiger partial charge in [-0.1, -0.05) is 28.4 Å². The van der Waals surface area contributed by atoms with Gasteiger partial charge in [0.25, 0.3) is 5.91 Å². The first-order valence-corrected chi connectivity index (χ1v) is 8.61. The van der Waals surface area contributed by atoms with Gasteiger partial charge < -0.3 is 14.6 Å². The van der Waals surface area contributed by atoms with Crippen LogP contribution in [-0.2, 0) is 6.54 Å². The minimum atomic E-state index is -0.304. The van der Waals surface area contributed by atoms with Gasteiger partial charge in [-0.05, 0) is 49.4 Å². The molecule has 0 atom stereocenters. The summed E-state index contributed by atoms with van der Waals surface area (Å²) in [7, 11) is 0. The summed E-state index contributed by atoms with van der Waals surface area (Å²) in [6.07, 6.45) is 0. The molecule has 3 rings (SSSR count). The smallest absolute Gasteiger partial charge is 0.251 e. The van der Waals surface area contributed by atoms with E-state index in [1.807, 2.05) is 6.92 Å². The highest BCUT2D eigenvalue weighted by molar-refractivity contribution is 6.32. The SMILES string of the molecule is CCOc1ccc(C(=O)NCc2nc(-c3ccc(Cl)cc3)no2)cc1Cl. The van der Waals surface area contributed by atoms with Crippen LogP contribution >= 0.6 is 23.2 Å². The van der Waals surface area contributed by atoms with E-state index >= 15 is 0 Å². The van der Waals surface area contributed by atoms with Crippen molar-refractivity contribution in [2.45, 2.75) is 13.5 Å². The van der Waals surface area contributed by atoms with E-state index in [0.29, 0.717) is 39.7 Å². The van der Waals surface area contributed by atoms with Gasteiger partial charge in [-0.25, -0.2) is 0 Å². The number of halogens is 2. The van der Waals surface area contributed by atoms with Gasteiger partial charge in [0, 0.05) is 16.1 Å². The maximum Gasteiger partial charge on any atom is 0.251 e. The molecule has 0 aliphatic rings. The molecule has 0 radical (unpaired) electrons. The van der Waals surface area contributed by atoms with Crippen LogP contribution in [0.4, 0.5) is 0 Å². The van der Waals surface area contributed by atoms with Crippen molar-refractivity contribution in [2.24, 2.45) is 0 Å². The first-order chi connectivity index (χ1) is 12.6.